The largest absolute Gasteiger partial charge is 0.388 e. The minimum absolute atomic E-state index is 0.0879. The molecule has 1 aliphatic rings. The van der Waals surface area contributed by atoms with Crippen LogP contribution in [-0.2, 0) is 14.3 Å². The van der Waals surface area contributed by atoms with Crippen LogP contribution in [0.25, 0.3) is 0 Å². The number of nitrogens with one attached hydrogen (secondary N) is 2. The lowest BCUT2D eigenvalue weighted by Crippen LogP contribution is -2.40. The van der Waals surface area contributed by atoms with Gasteiger partial charge in [0.15, 0.2) is 0 Å². The number of methoxy groups -OCH3 is 1. The van der Waals surface area contributed by atoms with E-state index >= 15 is 0 Å². The highest BCUT2D eigenvalue weighted by Gasteiger charge is 2.43. The molecule has 4 N–H and O–H groups in total. The van der Waals surface area contributed by atoms with Crippen LogP contribution >= 0.6 is 0 Å². The molecule has 0 aromatic heterocycles. The molecule has 2 rings (SSSR count). The van der Waals surface area contributed by atoms with Gasteiger partial charge in [0.1, 0.15) is 24.1 Å². The quantitative estimate of drug-likeness (QED) is 0.445. The highest BCUT2D eigenvalue weighted by atomic mass is 19.1. The number of aliphatic hydroxyl groups excluding tert-OH is 2. The van der Waals surface area contributed by atoms with Gasteiger partial charge in [-0.2, -0.15) is 0 Å². The third-order valence-corrected chi connectivity index (χ3v) is 4.03. The summed E-state index contributed by atoms with van der Waals surface area (Å²) in [6.07, 6.45) is -4.39. The van der Waals surface area contributed by atoms with E-state index in [0.717, 1.165) is 6.07 Å². The van der Waals surface area contributed by atoms with Gasteiger partial charge < -0.3 is 30.3 Å². The normalized spacial score (nSPS) is 25.1. The second-order valence-corrected chi connectivity index (χ2v) is 5.96. The SMILES string of the molecule is COCCNC(=O)C[C@@H]1O[C@H](CNC(=O)c2cccc(F)c2)[C@@H](O)[C@H]1O. The van der Waals surface area contributed by atoms with Crippen molar-refractivity contribution in [1.29, 1.82) is 0 Å². The van der Waals surface area contributed by atoms with E-state index in [1.54, 1.807) is 0 Å². The highest BCUT2D eigenvalue weighted by molar-refractivity contribution is 5.94. The Morgan fingerprint density at radius 1 is 1.23 bits per heavy atom. The fourth-order valence-corrected chi connectivity index (χ4v) is 2.64. The molecule has 1 aromatic carbocycles. The van der Waals surface area contributed by atoms with E-state index in [0.29, 0.717) is 13.2 Å². The summed E-state index contributed by atoms with van der Waals surface area (Å²) in [6, 6.07) is 5.17. The molecule has 0 bridgehead atoms. The Bertz CT molecular complexity index is 629. The minimum Gasteiger partial charge on any atom is -0.388 e. The highest BCUT2D eigenvalue weighted by Crippen LogP contribution is 2.23. The van der Waals surface area contributed by atoms with E-state index in [9.17, 15) is 24.2 Å². The number of carbonyl (C=O) groups is 2. The summed E-state index contributed by atoms with van der Waals surface area (Å²) in [6.45, 7) is 0.598. The number of aliphatic hydroxyl groups is 2. The Labute approximate surface area is 150 Å². The summed E-state index contributed by atoms with van der Waals surface area (Å²) in [5.41, 5.74) is 0.132. The van der Waals surface area contributed by atoms with Crippen LogP contribution in [0.1, 0.15) is 16.8 Å². The Kier molecular flexibility index (Phi) is 7.46. The zero-order chi connectivity index (χ0) is 19.1. The van der Waals surface area contributed by atoms with Gasteiger partial charge in [0.05, 0.1) is 19.1 Å². The number of amides is 2. The maximum Gasteiger partial charge on any atom is 0.251 e. The van der Waals surface area contributed by atoms with Crippen molar-refractivity contribution >= 4 is 11.8 Å². The van der Waals surface area contributed by atoms with Crippen molar-refractivity contribution in [2.45, 2.75) is 30.8 Å². The van der Waals surface area contributed by atoms with Crippen molar-refractivity contribution in [2.24, 2.45) is 0 Å². The van der Waals surface area contributed by atoms with Gasteiger partial charge in [-0.15, -0.1) is 0 Å². The molecule has 1 aliphatic heterocycles. The van der Waals surface area contributed by atoms with Crippen LogP contribution in [0.4, 0.5) is 4.39 Å². The second kappa shape index (κ2) is 9.58. The van der Waals surface area contributed by atoms with Gasteiger partial charge in [-0.05, 0) is 18.2 Å². The number of rotatable bonds is 8. The molecule has 8 nitrogen and oxygen atoms in total. The molecular formula is C17H23FN2O6. The van der Waals surface area contributed by atoms with Crippen LogP contribution in [-0.4, -0.2) is 73.2 Å². The van der Waals surface area contributed by atoms with E-state index < -0.39 is 36.1 Å². The maximum absolute atomic E-state index is 13.1. The lowest BCUT2D eigenvalue weighted by atomic mass is 10.1. The number of ether oxygens (including phenoxy) is 2. The molecule has 1 saturated heterocycles. The molecule has 26 heavy (non-hydrogen) atoms. The molecule has 4 atom stereocenters. The molecule has 0 radical (unpaired) electrons. The monoisotopic (exact) mass is 370 g/mol. The van der Waals surface area contributed by atoms with E-state index in [4.69, 9.17) is 9.47 Å². The topological polar surface area (TPSA) is 117 Å². The number of benzene rings is 1. The van der Waals surface area contributed by atoms with Crippen molar-refractivity contribution in [1.82, 2.24) is 10.6 Å². The first kappa shape index (κ1) is 20.2. The molecular weight excluding hydrogens is 347 g/mol. The molecule has 9 heteroatoms. The van der Waals surface area contributed by atoms with Crippen LogP contribution in [0.3, 0.4) is 0 Å². The summed E-state index contributed by atoms with van der Waals surface area (Å²) in [5.74, 6) is -1.41. The average Bonchev–Trinajstić information content (AvgIpc) is 2.88. The fraction of sp³-hybridized carbons (Fsp3) is 0.529. The van der Waals surface area contributed by atoms with Crippen molar-refractivity contribution in [2.75, 3.05) is 26.8 Å². The Morgan fingerprint density at radius 2 is 1.96 bits per heavy atom. The average molecular weight is 370 g/mol. The van der Waals surface area contributed by atoms with E-state index in [1.807, 2.05) is 0 Å². The molecule has 0 saturated carbocycles. The van der Waals surface area contributed by atoms with Gasteiger partial charge in [0.25, 0.3) is 5.91 Å². The first-order valence-corrected chi connectivity index (χ1v) is 8.23. The molecule has 0 unspecified atom stereocenters. The standard InChI is InChI=1S/C17H23FN2O6/c1-25-6-5-19-14(21)8-12-15(22)16(23)13(26-12)9-20-17(24)10-3-2-4-11(18)7-10/h2-4,7,12-13,15-16,22-23H,5-6,8-9H2,1H3,(H,19,21)(H,20,24)/t12-,13+,15-,16+/m0/s1. The third-order valence-electron chi connectivity index (χ3n) is 4.03. The van der Waals surface area contributed by atoms with Crippen molar-refractivity contribution in [3.8, 4) is 0 Å². The van der Waals surface area contributed by atoms with Gasteiger partial charge in [-0.25, -0.2) is 4.39 Å². The minimum atomic E-state index is -1.25. The molecule has 0 spiro atoms. The van der Waals surface area contributed by atoms with Gasteiger partial charge in [-0.3, -0.25) is 9.59 Å². The molecule has 0 aliphatic carbocycles. The fourth-order valence-electron chi connectivity index (χ4n) is 2.64. The van der Waals surface area contributed by atoms with Gasteiger partial charge >= 0.3 is 0 Å². The molecule has 144 valence electrons. The maximum atomic E-state index is 13.1. The Hall–Kier alpha value is -2.07. The number of halogens is 1. The van der Waals surface area contributed by atoms with Crippen molar-refractivity contribution < 1.29 is 33.7 Å². The Balaban J connectivity index is 1.83. The second-order valence-electron chi connectivity index (χ2n) is 5.96. The summed E-state index contributed by atoms with van der Waals surface area (Å²) in [4.78, 5) is 23.8. The number of hydrogen-bond acceptors (Lipinski definition) is 6. The smallest absolute Gasteiger partial charge is 0.251 e. The third kappa shape index (κ3) is 5.46. The van der Waals surface area contributed by atoms with Crippen molar-refractivity contribution in [3.63, 3.8) is 0 Å². The predicted molar refractivity (Wildman–Crippen MR) is 88.9 cm³/mol. The van der Waals surface area contributed by atoms with E-state index in [2.05, 4.69) is 10.6 Å². The van der Waals surface area contributed by atoms with Crippen LogP contribution in [0.2, 0.25) is 0 Å². The summed E-state index contributed by atoms with van der Waals surface area (Å²) in [5, 5.41) is 25.2. The zero-order valence-electron chi connectivity index (χ0n) is 14.4. The lowest BCUT2D eigenvalue weighted by molar-refractivity contribution is -0.125. The first-order chi connectivity index (χ1) is 12.4. The van der Waals surface area contributed by atoms with Crippen molar-refractivity contribution in [3.05, 3.63) is 35.6 Å². The van der Waals surface area contributed by atoms with Gasteiger partial charge in [0, 0.05) is 25.8 Å². The van der Waals surface area contributed by atoms with Crippen LogP contribution in [0.5, 0.6) is 0 Å². The lowest BCUT2D eigenvalue weighted by Gasteiger charge is -2.15. The van der Waals surface area contributed by atoms with Crippen LogP contribution < -0.4 is 10.6 Å². The zero-order valence-corrected chi connectivity index (χ0v) is 14.4. The Morgan fingerprint density at radius 3 is 2.65 bits per heavy atom. The van der Waals surface area contributed by atoms with Crippen LogP contribution in [0, 0.1) is 5.82 Å². The predicted octanol–water partition coefficient (Wildman–Crippen LogP) is -0.803. The molecule has 1 fully saturated rings. The molecule has 1 heterocycles. The van der Waals surface area contributed by atoms with E-state index in [-0.39, 0.29) is 24.4 Å². The summed E-state index contributed by atoms with van der Waals surface area (Å²) in [7, 11) is 1.51. The molecule has 1 aromatic rings. The van der Waals surface area contributed by atoms with Gasteiger partial charge in [0.2, 0.25) is 5.91 Å². The molecule has 2 amide bonds. The van der Waals surface area contributed by atoms with Crippen LogP contribution in [0.15, 0.2) is 24.3 Å². The van der Waals surface area contributed by atoms with E-state index in [1.165, 1.54) is 25.3 Å². The summed E-state index contributed by atoms with van der Waals surface area (Å²) < 4.78 is 23.5. The first-order valence-electron chi connectivity index (χ1n) is 8.23. The van der Waals surface area contributed by atoms with Gasteiger partial charge in [-0.1, -0.05) is 6.07 Å². The number of carbonyl (C=O) groups excluding carboxylic acids is 2. The summed E-state index contributed by atoms with van der Waals surface area (Å²) >= 11 is 0. The number of hydrogen-bond donors (Lipinski definition) is 4.